The fourth-order valence-electron chi connectivity index (χ4n) is 2.78. The van der Waals surface area contributed by atoms with Crippen LogP contribution in [0.3, 0.4) is 0 Å². The molecule has 1 heterocycles. The third-order valence-electron chi connectivity index (χ3n) is 4.44. The van der Waals surface area contributed by atoms with Gasteiger partial charge in [-0.25, -0.2) is 4.79 Å². The number of hydrogen-bond acceptors (Lipinski definition) is 4. The molecule has 0 saturated heterocycles. The number of rotatable bonds is 9. The third kappa shape index (κ3) is 4.85. The van der Waals surface area contributed by atoms with Gasteiger partial charge in [-0.2, -0.15) is 0 Å². The molecule has 0 bridgehead atoms. The number of hydrogen-bond donors (Lipinski definition) is 3. The van der Waals surface area contributed by atoms with E-state index in [1.165, 1.54) is 0 Å². The van der Waals surface area contributed by atoms with E-state index in [9.17, 15) is 9.59 Å². The molecule has 0 spiro atoms. The summed E-state index contributed by atoms with van der Waals surface area (Å²) < 4.78 is 5.25. The predicted octanol–water partition coefficient (Wildman–Crippen LogP) is 2.54. The fourth-order valence-corrected chi connectivity index (χ4v) is 2.78. The van der Waals surface area contributed by atoms with Gasteiger partial charge in [0.1, 0.15) is 5.54 Å². The molecule has 0 fully saturated rings. The van der Waals surface area contributed by atoms with Gasteiger partial charge in [-0.05, 0) is 45.4 Å². The van der Waals surface area contributed by atoms with Crippen LogP contribution in [0.2, 0.25) is 0 Å². The molecule has 0 radical (unpaired) electrons. The minimum atomic E-state index is -1.07. The summed E-state index contributed by atoms with van der Waals surface area (Å²) in [7, 11) is 1.74. The summed E-state index contributed by atoms with van der Waals surface area (Å²) in [6.45, 7) is 5.73. The molecule has 1 atom stereocenters. The summed E-state index contributed by atoms with van der Waals surface area (Å²) in [6, 6.07) is 7.53. The van der Waals surface area contributed by atoms with Gasteiger partial charge in [0.25, 0.3) is 0 Å². The van der Waals surface area contributed by atoms with Crippen LogP contribution in [0.25, 0.3) is 10.9 Å². The van der Waals surface area contributed by atoms with Crippen molar-refractivity contribution in [3.63, 3.8) is 0 Å². The van der Waals surface area contributed by atoms with Crippen LogP contribution in [0.5, 0.6) is 0 Å². The summed E-state index contributed by atoms with van der Waals surface area (Å²) in [5.74, 6) is -0.642. The summed E-state index contributed by atoms with van der Waals surface area (Å²) in [6.07, 6.45) is 4.21. The second-order valence-electron chi connectivity index (χ2n) is 7.01. The van der Waals surface area contributed by atoms with Crippen molar-refractivity contribution >= 4 is 22.8 Å². The standard InChI is InChI=1S/C20H29N3O3/c1-5-6-11-26-19(25)20(2,3)23-18(24)17(21-4)12-14-13-22-16-10-8-7-9-15(14)16/h7-10,13,17,21-22H,5-6,11-12H2,1-4H3,(H,23,24)/t17-/m1/s1. The van der Waals surface area contributed by atoms with Crippen LogP contribution in [-0.4, -0.2) is 42.1 Å². The zero-order valence-corrected chi connectivity index (χ0v) is 16.0. The van der Waals surface area contributed by atoms with Crippen molar-refractivity contribution in [2.24, 2.45) is 0 Å². The monoisotopic (exact) mass is 359 g/mol. The Morgan fingerprint density at radius 1 is 1.27 bits per heavy atom. The molecule has 1 aromatic heterocycles. The smallest absolute Gasteiger partial charge is 0.331 e. The van der Waals surface area contributed by atoms with Crippen molar-refractivity contribution in [1.29, 1.82) is 0 Å². The van der Waals surface area contributed by atoms with Crippen LogP contribution in [0.1, 0.15) is 39.2 Å². The quantitative estimate of drug-likeness (QED) is 0.475. The van der Waals surface area contributed by atoms with E-state index >= 15 is 0 Å². The SMILES string of the molecule is CCCCOC(=O)C(C)(C)NC(=O)[C@@H](Cc1c[nH]c2ccccc12)NC. The largest absolute Gasteiger partial charge is 0.464 e. The Morgan fingerprint density at radius 2 is 2.00 bits per heavy atom. The Bertz CT molecular complexity index is 752. The number of aromatic amines is 1. The number of unbranched alkanes of at least 4 members (excludes halogenated alkanes) is 1. The molecule has 3 N–H and O–H groups in total. The van der Waals surface area contributed by atoms with Crippen molar-refractivity contribution in [1.82, 2.24) is 15.6 Å². The number of esters is 1. The summed E-state index contributed by atoms with van der Waals surface area (Å²) in [5, 5.41) is 6.94. The van der Waals surface area contributed by atoms with E-state index in [1.54, 1.807) is 20.9 Å². The van der Waals surface area contributed by atoms with Gasteiger partial charge < -0.3 is 20.4 Å². The van der Waals surface area contributed by atoms with Crippen LogP contribution in [0, 0.1) is 0 Å². The van der Waals surface area contributed by atoms with Crippen molar-refractivity contribution in [3.05, 3.63) is 36.0 Å². The van der Waals surface area contributed by atoms with Crippen LogP contribution in [-0.2, 0) is 20.7 Å². The summed E-state index contributed by atoms with van der Waals surface area (Å²) in [5.41, 5.74) is 1.02. The van der Waals surface area contributed by atoms with Gasteiger partial charge in [0.2, 0.25) is 5.91 Å². The molecule has 1 aromatic carbocycles. The van der Waals surface area contributed by atoms with Gasteiger partial charge in [0, 0.05) is 17.1 Å². The third-order valence-corrected chi connectivity index (χ3v) is 4.44. The molecular weight excluding hydrogens is 330 g/mol. The highest BCUT2D eigenvalue weighted by Gasteiger charge is 2.33. The van der Waals surface area contributed by atoms with Gasteiger partial charge >= 0.3 is 5.97 Å². The van der Waals surface area contributed by atoms with E-state index in [0.717, 1.165) is 29.3 Å². The number of amides is 1. The van der Waals surface area contributed by atoms with Gasteiger partial charge in [0.15, 0.2) is 0 Å². The van der Waals surface area contributed by atoms with Gasteiger partial charge in [-0.3, -0.25) is 4.79 Å². The maximum atomic E-state index is 12.7. The molecule has 1 amide bonds. The molecular formula is C20H29N3O3. The van der Waals surface area contributed by atoms with Crippen molar-refractivity contribution in [2.45, 2.75) is 51.6 Å². The molecule has 0 unspecified atom stereocenters. The molecule has 6 heteroatoms. The molecule has 6 nitrogen and oxygen atoms in total. The molecule has 0 saturated carbocycles. The molecule has 0 aliphatic rings. The predicted molar refractivity (Wildman–Crippen MR) is 103 cm³/mol. The highest BCUT2D eigenvalue weighted by molar-refractivity contribution is 5.91. The molecule has 2 rings (SSSR count). The number of carbonyl (C=O) groups is 2. The number of fused-ring (bicyclic) bond motifs is 1. The highest BCUT2D eigenvalue weighted by Crippen LogP contribution is 2.19. The van der Waals surface area contributed by atoms with E-state index < -0.39 is 17.6 Å². The number of ether oxygens (including phenoxy) is 1. The summed E-state index contributed by atoms with van der Waals surface area (Å²) in [4.78, 5) is 28.1. The number of para-hydroxylation sites is 1. The minimum absolute atomic E-state index is 0.227. The number of carbonyl (C=O) groups excluding carboxylic acids is 2. The lowest BCUT2D eigenvalue weighted by molar-refractivity contribution is -0.152. The second-order valence-corrected chi connectivity index (χ2v) is 7.01. The van der Waals surface area contributed by atoms with E-state index in [4.69, 9.17) is 4.74 Å². The van der Waals surface area contributed by atoms with Gasteiger partial charge in [-0.15, -0.1) is 0 Å². The zero-order chi connectivity index (χ0) is 19.2. The average Bonchev–Trinajstić information content (AvgIpc) is 3.02. The topological polar surface area (TPSA) is 83.2 Å². The molecule has 0 aliphatic carbocycles. The summed E-state index contributed by atoms with van der Waals surface area (Å²) >= 11 is 0. The lowest BCUT2D eigenvalue weighted by atomic mass is 10.0. The molecule has 2 aromatic rings. The first-order chi connectivity index (χ1) is 12.4. The minimum Gasteiger partial charge on any atom is -0.464 e. The van der Waals surface area contributed by atoms with Gasteiger partial charge in [0.05, 0.1) is 12.6 Å². The average molecular weight is 359 g/mol. The van der Waals surface area contributed by atoms with E-state index in [1.807, 2.05) is 37.4 Å². The first kappa shape index (κ1) is 20.0. The van der Waals surface area contributed by atoms with Crippen LogP contribution in [0.4, 0.5) is 0 Å². The van der Waals surface area contributed by atoms with Crippen LogP contribution in [0.15, 0.2) is 30.5 Å². The highest BCUT2D eigenvalue weighted by atomic mass is 16.5. The van der Waals surface area contributed by atoms with Crippen molar-refractivity contribution < 1.29 is 14.3 Å². The first-order valence-corrected chi connectivity index (χ1v) is 9.10. The molecule has 142 valence electrons. The van der Waals surface area contributed by atoms with Crippen LogP contribution >= 0.6 is 0 Å². The Balaban J connectivity index is 2.02. The number of aromatic nitrogens is 1. The normalized spacial score (nSPS) is 12.8. The first-order valence-electron chi connectivity index (χ1n) is 9.10. The number of nitrogens with one attached hydrogen (secondary N) is 3. The lowest BCUT2D eigenvalue weighted by Gasteiger charge is -2.27. The zero-order valence-electron chi connectivity index (χ0n) is 16.0. The van der Waals surface area contributed by atoms with Gasteiger partial charge in [-0.1, -0.05) is 31.5 Å². The van der Waals surface area contributed by atoms with Crippen molar-refractivity contribution in [2.75, 3.05) is 13.7 Å². The van der Waals surface area contributed by atoms with E-state index in [-0.39, 0.29) is 5.91 Å². The number of H-pyrrole nitrogens is 1. The van der Waals surface area contributed by atoms with E-state index in [0.29, 0.717) is 13.0 Å². The molecule has 0 aliphatic heterocycles. The van der Waals surface area contributed by atoms with E-state index in [2.05, 4.69) is 15.6 Å². The second kappa shape index (κ2) is 8.85. The molecule has 26 heavy (non-hydrogen) atoms. The lowest BCUT2D eigenvalue weighted by Crippen LogP contribution is -2.56. The van der Waals surface area contributed by atoms with Crippen LogP contribution < -0.4 is 10.6 Å². The number of likely N-dealkylation sites (N-methyl/N-ethyl adjacent to an activating group) is 1. The number of benzene rings is 1. The Morgan fingerprint density at radius 3 is 2.69 bits per heavy atom. The maximum Gasteiger partial charge on any atom is 0.331 e. The fraction of sp³-hybridized carbons (Fsp3) is 0.500. The Hall–Kier alpha value is -2.34. The Kier molecular flexibility index (Phi) is 6.80. The maximum absolute atomic E-state index is 12.7. The van der Waals surface area contributed by atoms with Crippen molar-refractivity contribution in [3.8, 4) is 0 Å². The Labute approximate surface area is 154 Å².